The lowest BCUT2D eigenvalue weighted by Gasteiger charge is -2.23. The molecule has 0 spiro atoms. The molecule has 0 atom stereocenters. The van der Waals surface area contributed by atoms with Crippen molar-refractivity contribution >= 4 is 5.69 Å². The summed E-state index contributed by atoms with van der Waals surface area (Å²) in [6.45, 7) is -0.385. The fraction of sp³-hybridized carbons (Fsp3) is 0.583. The van der Waals surface area contributed by atoms with Gasteiger partial charge in [0.25, 0.3) is 0 Å². The van der Waals surface area contributed by atoms with Gasteiger partial charge in [-0.15, -0.1) is 0 Å². The third-order valence-electron chi connectivity index (χ3n) is 2.86. The van der Waals surface area contributed by atoms with Crippen LogP contribution in [0.3, 0.4) is 0 Å². The fourth-order valence-corrected chi connectivity index (χ4v) is 1.82. The summed E-state index contributed by atoms with van der Waals surface area (Å²) in [6.07, 6.45) is 1.24. The standard InChI is InChI=1S/C12H16F3N3/c1-18(8-12(13,14)15)11-4-5-16-6-9(11)7-17-10-2-3-10/h4-6,10,17H,2-3,7-8H2,1H3. The molecule has 1 N–H and O–H groups in total. The van der Waals surface area contributed by atoms with Gasteiger partial charge in [0.05, 0.1) is 0 Å². The number of hydrogen-bond donors (Lipinski definition) is 1. The molecule has 0 aromatic carbocycles. The first-order chi connectivity index (χ1) is 8.46. The van der Waals surface area contributed by atoms with Crippen LogP contribution in [0.2, 0.25) is 0 Å². The minimum absolute atomic E-state index is 0.519. The maximum Gasteiger partial charge on any atom is 0.405 e. The van der Waals surface area contributed by atoms with E-state index in [2.05, 4.69) is 10.3 Å². The third-order valence-corrected chi connectivity index (χ3v) is 2.86. The van der Waals surface area contributed by atoms with E-state index in [1.54, 1.807) is 12.3 Å². The molecule has 1 heterocycles. The van der Waals surface area contributed by atoms with Crippen LogP contribution >= 0.6 is 0 Å². The Kier molecular flexibility index (Phi) is 3.75. The van der Waals surface area contributed by atoms with Crippen molar-refractivity contribution in [2.75, 3.05) is 18.5 Å². The summed E-state index contributed by atoms with van der Waals surface area (Å²) in [6, 6.07) is 2.14. The Morgan fingerprint density at radius 3 is 2.78 bits per heavy atom. The average molecular weight is 259 g/mol. The van der Waals surface area contributed by atoms with Gasteiger partial charge in [0.2, 0.25) is 0 Å². The van der Waals surface area contributed by atoms with E-state index in [1.807, 2.05) is 0 Å². The van der Waals surface area contributed by atoms with Crippen LogP contribution in [0.4, 0.5) is 18.9 Å². The summed E-state index contributed by atoms with van der Waals surface area (Å²) < 4.78 is 37.1. The van der Waals surface area contributed by atoms with E-state index < -0.39 is 12.7 Å². The number of alkyl halides is 3. The Hall–Kier alpha value is -1.30. The predicted molar refractivity (Wildman–Crippen MR) is 63.4 cm³/mol. The van der Waals surface area contributed by atoms with E-state index in [0.717, 1.165) is 18.4 Å². The Morgan fingerprint density at radius 2 is 2.17 bits per heavy atom. The zero-order valence-corrected chi connectivity index (χ0v) is 10.2. The van der Waals surface area contributed by atoms with Crippen LogP contribution in [-0.2, 0) is 6.54 Å². The molecular weight excluding hydrogens is 243 g/mol. The molecule has 1 aromatic heterocycles. The van der Waals surface area contributed by atoms with Gasteiger partial charge in [-0.25, -0.2) is 0 Å². The van der Waals surface area contributed by atoms with Crippen molar-refractivity contribution in [2.24, 2.45) is 0 Å². The van der Waals surface area contributed by atoms with E-state index >= 15 is 0 Å². The van der Waals surface area contributed by atoms with Crippen molar-refractivity contribution in [2.45, 2.75) is 31.6 Å². The minimum Gasteiger partial charge on any atom is -0.365 e. The second kappa shape index (κ2) is 5.14. The van der Waals surface area contributed by atoms with Gasteiger partial charge in [0.15, 0.2) is 0 Å². The molecule has 1 fully saturated rings. The van der Waals surface area contributed by atoms with Crippen molar-refractivity contribution in [1.29, 1.82) is 0 Å². The predicted octanol–water partition coefficient (Wildman–Crippen LogP) is 2.33. The molecule has 18 heavy (non-hydrogen) atoms. The number of aromatic nitrogens is 1. The normalized spacial score (nSPS) is 15.8. The summed E-state index contributed by atoms with van der Waals surface area (Å²) in [5.41, 5.74) is 1.38. The zero-order valence-electron chi connectivity index (χ0n) is 10.2. The van der Waals surface area contributed by atoms with Crippen LogP contribution < -0.4 is 10.2 Å². The Balaban J connectivity index is 2.05. The van der Waals surface area contributed by atoms with E-state index in [1.165, 1.54) is 18.1 Å². The largest absolute Gasteiger partial charge is 0.405 e. The Morgan fingerprint density at radius 1 is 1.44 bits per heavy atom. The van der Waals surface area contributed by atoms with Gasteiger partial charge in [-0.2, -0.15) is 13.2 Å². The molecule has 3 nitrogen and oxygen atoms in total. The quantitative estimate of drug-likeness (QED) is 0.879. The van der Waals surface area contributed by atoms with Crippen LogP contribution in [-0.4, -0.2) is 30.8 Å². The highest BCUT2D eigenvalue weighted by molar-refractivity contribution is 5.51. The smallest absolute Gasteiger partial charge is 0.365 e. The summed E-state index contributed by atoms with van der Waals surface area (Å²) in [5.74, 6) is 0. The number of hydrogen-bond acceptors (Lipinski definition) is 3. The van der Waals surface area contributed by atoms with E-state index in [-0.39, 0.29) is 0 Å². The molecule has 1 saturated carbocycles. The maximum atomic E-state index is 12.4. The minimum atomic E-state index is -4.20. The first-order valence-electron chi connectivity index (χ1n) is 5.90. The molecule has 100 valence electrons. The highest BCUT2D eigenvalue weighted by Gasteiger charge is 2.30. The fourth-order valence-electron chi connectivity index (χ4n) is 1.82. The van der Waals surface area contributed by atoms with E-state index in [4.69, 9.17) is 0 Å². The van der Waals surface area contributed by atoms with Gasteiger partial charge >= 0.3 is 6.18 Å². The number of anilines is 1. The second-order valence-corrected chi connectivity index (χ2v) is 4.63. The molecule has 0 bridgehead atoms. The number of rotatable bonds is 5. The zero-order chi connectivity index (χ0) is 13.2. The van der Waals surface area contributed by atoms with Gasteiger partial charge in [-0.05, 0) is 18.9 Å². The topological polar surface area (TPSA) is 28.2 Å². The molecule has 1 aliphatic rings. The first-order valence-corrected chi connectivity index (χ1v) is 5.90. The van der Waals surface area contributed by atoms with Crippen molar-refractivity contribution in [1.82, 2.24) is 10.3 Å². The Bertz CT molecular complexity index is 402. The van der Waals surface area contributed by atoms with Crippen LogP contribution in [0, 0.1) is 0 Å². The maximum absolute atomic E-state index is 12.4. The number of pyridine rings is 1. The summed E-state index contributed by atoms with van der Waals surface area (Å²) in [7, 11) is 1.45. The van der Waals surface area contributed by atoms with Crippen molar-refractivity contribution in [3.8, 4) is 0 Å². The molecule has 1 aliphatic carbocycles. The molecule has 2 rings (SSSR count). The van der Waals surface area contributed by atoms with Crippen molar-refractivity contribution in [3.63, 3.8) is 0 Å². The Labute approximate surface area is 104 Å². The summed E-state index contributed by atoms with van der Waals surface area (Å²) in [4.78, 5) is 5.19. The van der Waals surface area contributed by atoms with Gasteiger partial charge in [0, 0.05) is 43.3 Å². The van der Waals surface area contributed by atoms with Crippen LogP contribution in [0.5, 0.6) is 0 Å². The SMILES string of the molecule is CN(CC(F)(F)F)c1ccncc1CNC1CC1. The van der Waals surface area contributed by atoms with Gasteiger partial charge in [-0.1, -0.05) is 0 Å². The van der Waals surface area contributed by atoms with Gasteiger partial charge in [0.1, 0.15) is 6.54 Å². The number of nitrogens with one attached hydrogen (secondary N) is 1. The first kappa shape index (κ1) is 13.1. The highest BCUT2D eigenvalue weighted by Crippen LogP contribution is 2.25. The lowest BCUT2D eigenvalue weighted by Crippen LogP contribution is -2.32. The molecular formula is C12H16F3N3. The van der Waals surface area contributed by atoms with E-state index in [0.29, 0.717) is 18.3 Å². The van der Waals surface area contributed by atoms with Crippen LogP contribution in [0.15, 0.2) is 18.5 Å². The van der Waals surface area contributed by atoms with Gasteiger partial charge < -0.3 is 10.2 Å². The molecule has 0 unspecified atom stereocenters. The molecule has 0 aliphatic heterocycles. The number of nitrogens with zero attached hydrogens (tertiary/aromatic N) is 2. The monoisotopic (exact) mass is 259 g/mol. The number of halogens is 3. The highest BCUT2D eigenvalue weighted by atomic mass is 19.4. The van der Waals surface area contributed by atoms with E-state index in [9.17, 15) is 13.2 Å². The van der Waals surface area contributed by atoms with Crippen LogP contribution in [0.1, 0.15) is 18.4 Å². The molecule has 6 heteroatoms. The average Bonchev–Trinajstić information content (AvgIpc) is 3.08. The van der Waals surface area contributed by atoms with Crippen LogP contribution in [0.25, 0.3) is 0 Å². The lowest BCUT2D eigenvalue weighted by molar-refractivity contribution is -0.119. The molecule has 0 saturated heterocycles. The van der Waals surface area contributed by atoms with Gasteiger partial charge in [-0.3, -0.25) is 4.98 Å². The van der Waals surface area contributed by atoms with Crippen molar-refractivity contribution in [3.05, 3.63) is 24.0 Å². The molecule has 1 aromatic rings. The second-order valence-electron chi connectivity index (χ2n) is 4.63. The van der Waals surface area contributed by atoms with Crippen molar-refractivity contribution < 1.29 is 13.2 Å². The third kappa shape index (κ3) is 3.87. The summed E-state index contributed by atoms with van der Waals surface area (Å²) >= 11 is 0. The summed E-state index contributed by atoms with van der Waals surface area (Å²) in [5, 5.41) is 3.28. The molecule has 0 radical (unpaired) electrons. The molecule has 0 amide bonds. The lowest BCUT2D eigenvalue weighted by atomic mass is 10.2.